The van der Waals surface area contributed by atoms with Crippen LogP contribution in [-0.4, -0.2) is 58.1 Å². The molecule has 1 aliphatic heterocycles. The summed E-state index contributed by atoms with van der Waals surface area (Å²) >= 11 is 1.45. The van der Waals surface area contributed by atoms with E-state index in [2.05, 4.69) is 25.4 Å². The zero-order valence-corrected chi connectivity index (χ0v) is 16.5. The Bertz CT molecular complexity index is 815. The number of nitrogens with one attached hydrogen (secondary N) is 1. The molecule has 0 atom stereocenters. The summed E-state index contributed by atoms with van der Waals surface area (Å²) in [4.78, 5) is 32.9. The Morgan fingerprint density at radius 3 is 2.64 bits per heavy atom. The van der Waals surface area contributed by atoms with Gasteiger partial charge in [0.05, 0.1) is 0 Å². The molecular weight excluding hydrogens is 376 g/mol. The fourth-order valence-corrected chi connectivity index (χ4v) is 4.17. The van der Waals surface area contributed by atoms with Crippen molar-refractivity contribution >= 4 is 34.1 Å². The number of piperazine rings is 1. The van der Waals surface area contributed by atoms with Gasteiger partial charge in [-0.15, -0.1) is 10.2 Å². The smallest absolute Gasteiger partial charge is 0.226 e. The molecule has 0 unspecified atom stereocenters. The first-order valence-electron chi connectivity index (χ1n) is 9.76. The van der Waals surface area contributed by atoms with Gasteiger partial charge in [-0.25, -0.2) is 4.98 Å². The maximum absolute atomic E-state index is 12.4. The second-order valence-corrected chi connectivity index (χ2v) is 8.19. The van der Waals surface area contributed by atoms with Crippen molar-refractivity contribution in [1.82, 2.24) is 20.1 Å². The van der Waals surface area contributed by atoms with Crippen LogP contribution in [-0.2, 0) is 9.59 Å². The Hall–Kier alpha value is -2.55. The van der Waals surface area contributed by atoms with E-state index in [0.29, 0.717) is 43.4 Å². The maximum Gasteiger partial charge on any atom is 0.226 e. The van der Waals surface area contributed by atoms with Crippen LogP contribution >= 0.6 is 11.3 Å². The van der Waals surface area contributed by atoms with Crippen molar-refractivity contribution in [2.45, 2.75) is 38.0 Å². The van der Waals surface area contributed by atoms with E-state index in [0.717, 1.165) is 23.9 Å². The van der Waals surface area contributed by atoms with Gasteiger partial charge in [-0.1, -0.05) is 17.4 Å². The van der Waals surface area contributed by atoms with Crippen molar-refractivity contribution in [2.24, 2.45) is 0 Å². The van der Waals surface area contributed by atoms with Gasteiger partial charge in [-0.05, 0) is 31.4 Å². The Balaban J connectivity index is 1.15. The lowest BCUT2D eigenvalue weighted by molar-refractivity contribution is -0.131. The van der Waals surface area contributed by atoms with Gasteiger partial charge in [0, 0.05) is 51.1 Å². The van der Waals surface area contributed by atoms with Gasteiger partial charge in [0.2, 0.25) is 16.9 Å². The van der Waals surface area contributed by atoms with Gasteiger partial charge in [0.15, 0.2) is 0 Å². The first-order chi connectivity index (χ1) is 13.7. The lowest BCUT2D eigenvalue weighted by Crippen LogP contribution is -2.49. The molecular formula is C19H24N6O2S. The van der Waals surface area contributed by atoms with Crippen LogP contribution in [0.1, 0.15) is 43.0 Å². The molecule has 28 heavy (non-hydrogen) atoms. The highest BCUT2D eigenvalue weighted by Crippen LogP contribution is 2.42. The molecule has 1 aliphatic carbocycles. The summed E-state index contributed by atoms with van der Waals surface area (Å²) in [5, 5.41) is 12.5. The van der Waals surface area contributed by atoms with Crippen molar-refractivity contribution in [3.8, 4) is 0 Å². The SMILES string of the molecule is O=C(CCCC(=O)N1CCN(c2ccccn2)CC1)Nc1nnc(C2CC2)s1. The minimum Gasteiger partial charge on any atom is -0.353 e. The summed E-state index contributed by atoms with van der Waals surface area (Å²) in [5.74, 6) is 1.50. The van der Waals surface area contributed by atoms with Crippen molar-refractivity contribution < 1.29 is 9.59 Å². The molecule has 9 heteroatoms. The third-order valence-corrected chi connectivity index (χ3v) is 6.01. The predicted octanol–water partition coefficient (Wildman–Crippen LogP) is 2.27. The molecule has 2 amide bonds. The Kier molecular flexibility index (Phi) is 5.80. The van der Waals surface area contributed by atoms with Crippen LogP contribution in [0.3, 0.4) is 0 Å². The fourth-order valence-electron chi connectivity index (χ4n) is 3.25. The first-order valence-corrected chi connectivity index (χ1v) is 10.6. The topological polar surface area (TPSA) is 91.3 Å². The number of carbonyl (C=O) groups is 2. The first kappa shape index (κ1) is 18.8. The number of hydrogen-bond donors (Lipinski definition) is 1. The Morgan fingerprint density at radius 1 is 1.11 bits per heavy atom. The summed E-state index contributed by atoms with van der Waals surface area (Å²) in [6, 6.07) is 5.86. The number of nitrogens with zero attached hydrogens (tertiary/aromatic N) is 5. The molecule has 0 spiro atoms. The second-order valence-electron chi connectivity index (χ2n) is 7.18. The highest BCUT2D eigenvalue weighted by Gasteiger charge is 2.27. The van der Waals surface area contributed by atoms with E-state index in [4.69, 9.17) is 0 Å². The van der Waals surface area contributed by atoms with E-state index in [1.165, 1.54) is 24.2 Å². The van der Waals surface area contributed by atoms with Gasteiger partial charge < -0.3 is 15.1 Å². The molecule has 0 bridgehead atoms. The van der Waals surface area contributed by atoms with Crippen LogP contribution in [0.25, 0.3) is 0 Å². The highest BCUT2D eigenvalue weighted by atomic mass is 32.1. The minimum atomic E-state index is -0.105. The largest absolute Gasteiger partial charge is 0.353 e. The highest BCUT2D eigenvalue weighted by molar-refractivity contribution is 7.15. The molecule has 0 radical (unpaired) electrons. The van der Waals surface area contributed by atoms with Gasteiger partial charge in [0.25, 0.3) is 0 Å². The maximum atomic E-state index is 12.4. The quantitative estimate of drug-likeness (QED) is 0.767. The standard InChI is InChI=1S/C19H24N6O2S/c26-16(21-19-23-22-18(28-19)14-7-8-14)5-3-6-17(27)25-12-10-24(11-13-25)15-4-1-2-9-20-15/h1-2,4,9,14H,3,5-8,10-13H2,(H,21,23,26). The van der Waals surface area contributed by atoms with Crippen molar-refractivity contribution in [3.63, 3.8) is 0 Å². The zero-order valence-electron chi connectivity index (χ0n) is 15.7. The molecule has 148 valence electrons. The van der Waals surface area contributed by atoms with E-state index >= 15 is 0 Å². The number of amides is 2. The van der Waals surface area contributed by atoms with E-state index in [9.17, 15) is 9.59 Å². The molecule has 2 aromatic heterocycles. The summed E-state index contributed by atoms with van der Waals surface area (Å²) in [6.45, 7) is 2.94. The monoisotopic (exact) mass is 400 g/mol. The summed E-state index contributed by atoms with van der Waals surface area (Å²) in [6.07, 6.45) is 5.37. The third kappa shape index (κ3) is 4.83. The fraction of sp³-hybridized carbons (Fsp3) is 0.526. The molecule has 8 nitrogen and oxygen atoms in total. The van der Waals surface area contributed by atoms with Crippen LogP contribution in [0, 0.1) is 0 Å². The van der Waals surface area contributed by atoms with E-state index < -0.39 is 0 Å². The van der Waals surface area contributed by atoms with Crippen molar-refractivity contribution in [1.29, 1.82) is 0 Å². The van der Waals surface area contributed by atoms with Crippen molar-refractivity contribution in [3.05, 3.63) is 29.4 Å². The van der Waals surface area contributed by atoms with E-state index in [1.54, 1.807) is 6.20 Å². The van der Waals surface area contributed by atoms with Crippen LogP contribution < -0.4 is 10.2 Å². The Labute approximate surface area is 168 Å². The van der Waals surface area contributed by atoms with Crippen LogP contribution in [0.4, 0.5) is 10.9 Å². The Morgan fingerprint density at radius 2 is 1.93 bits per heavy atom. The van der Waals surface area contributed by atoms with Crippen LogP contribution in [0.5, 0.6) is 0 Å². The number of pyridine rings is 1. The molecule has 3 heterocycles. The number of aromatic nitrogens is 3. The summed E-state index contributed by atoms with van der Waals surface area (Å²) in [5.41, 5.74) is 0. The third-order valence-electron chi connectivity index (χ3n) is 5.01. The van der Waals surface area contributed by atoms with Gasteiger partial charge in [-0.2, -0.15) is 0 Å². The number of rotatable bonds is 7. The zero-order chi connectivity index (χ0) is 19.3. The molecule has 1 saturated carbocycles. The number of anilines is 2. The average molecular weight is 401 g/mol. The molecule has 2 fully saturated rings. The van der Waals surface area contributed by atoms with Gasteiger partial charge >= 0.3 is 0 Å². The predicted molar refractivity (Wildman–Crippen MR) is 107 cm³/mol. The molecule has 0 aromatic carbocycles. The van der Waals surface area contributed by atoms with Crippen LogP contribution in [0.15, 0.2) is 24.4 Å². The minimum absolute atomic E-state index is 0.105. The van der Waals surface area contributed by atoms with E-state index in [-0.39, 0.29) is 11.8 Å². The molecule has 4 rings (SSSR count). The lowest BCUT2D eigenvalue weighted by Gasteiger charge is -2.35. The number of carbonyl (C=O) groups excluding carboxylic acids is 2. The van der Waals surface area contributed by atoms with Gasteiger partial charge in [0.1, 0.15) is 10.8 Å². The molecule has 1 N–H and O–H groups in total. The number of hydrogen-bond acceptors (Lipinski definition) is 7. The van der Waals surface area contributed by atoms with Gasteiger partial charge in [-0.3, -0.25) is 9.59 Å². The molecule has 2 aliphatic rings. The lowest BCUT2D eigenvalue weighted by atomic mass is 10.2. The molecule has 1 saturated heterocycles. The van der Waals surface area contributed by atoms with Crippen molar-refractivity contribution in [2.75, 3.05) is 36.4 Å². The summed E-state index contributed by atoms with van der Waals surface area (Å²) < 4.78 is 0. The normalized spacial score (nSPS) is 16.9. The van der Waals surface area contributed by atoms with E-state index in [1.807, 2.05) is 23.1 Å². The summed E-state index contributed by atoms with van der Waals surface area (Å²) in [7, 11) is 0. The van der Waals surface area contributed by atoms with Crippen LogP contribution in [0.2, 0.25) is 0 Å². The second kappa shape index (κ2) is 8.64. The average Bonchev–Trinajstić information content (AvgIpc) is 3.48. The molecule has 2 aromatic rings.